The SMILES string of the molecule is COCCNCc1ccc(N(C)CC(C)(C)O)nc1. The Bertz CT molecular complexity index is 360. The number of nitrogens with one attached hydrogen (secondary N) is 1. The van der Waals surface area contributed by atoms with E-state index in [2.05, 4.69) is 10.3 Å². The van der Waals surface area contributed by atoms with E-state index >= 15 is 0 Å². The third-order valence-electron chi connectivity index (χ3n) is 2.64. The Labute approximate surface area is 115 Å². The molecule has 1 aromatic rings. The minimum atomic E-state index is -0.725. The summed E-state index contributed by atoms with van der Waals surface area (Å²) in [5, 5.41) is 13.1. The van der Waals surface area contributed by atoms with E-state index in [0.29, 0.717) is 13.2 Å². The number of methoxy groups -OCH3 is 1. The molecule has 0 aliphatic carbocycles. The molecule has 5 nitrogen and oxygen atoms in total. The Balaban J connectivity index is 2.47. The van der Waals surface area contributed by atoms with Gasteiger partial charge in [-0.25, -0.2) is 4.98 Å². The van der Waals surface area contributed by atoms with E-state index in [0.717, 1.165) is 24.5 Å². The average molecular weight is 267 g/mol. The van der Waals surface area contributed by atoms with E-state index in [-0.39, 0.29) is 0 Å². The zero-order valence-corrected chi connectivity index (χ0v) is 12.3. The van der Waals surface area contributed by atoms with Crippen molar-refractivity contribution in [2.45, 2.75) is 26.0 Å². The first-order chi connectivity index (χ1) is 8.92. The fourth-order valence-corrected chi connectivity index (χ4v) is 1.82. The van der Waals surface area contributed by atoms with Crippen LogP contribution < -0.4 is 10.2 Å². The molecular weight excluding hydrogens is 242 g/mol. The van der Waals surface area contributed by atoms with Crippen molar-refractivity contribution in [1.29, 1.82) is 0 Å². The molecule has 0 atom stereocenters. The first-order valence-electron chi connectivity index (χ1n) is 6.50. The van der Waals surface area contributed by atoms with Crippen LogP contribution in [0.1, 0.15) is 19.4 Å². The van der Waals surface area contributed by atoms with Crippen LogP contribution in [0.3, 0.4) is 0 Å². The van der Waals surface area contributed by atoms with Crippen molar-refractivity contribution < 1.29 is 9.84 Å². The Morgan fingerprint density at radius 1 is 1.42 bits per heavy atom. The summed E-state index contributed by atoms with van der Waals surface area (Å²) in [6, 6.07) is 4.02. The predicted octanol–water partition coefficient (Wildman–Crippen LogP) is 1.02. The zero-order valence-electron chi connectivity index (χ0n) is 12.3. The third kappa shape index (κ3) is 6.52. The van der Waals surface area contributed by atoms with Crippen molar-refractivity contribution in [3.63, 3.8) is 0 Å². The molecule has 0 aliphatic rings. The molecule has 0 unspecified atom stereocenters. The molecule has 108 valence electrons. The highest BCUT2D eigenvalue weighted by Crippen LogP contribution is 2.13. The minimum absolute atomic E-state index is 0.547. The van der Waals surface area contributed by atoms with Crippen LogP contribution in [0, 0.1) is 0 Å². The van der Waals surface area contributed by atoms with Gasteiger partial charge >= 0.3 is 0 Å². The molecule has 1 heterocycles. The molecule has 0 fully saturated rings. The molecule has 0 saturated carbocycles. The van der Waals surface area contributed by atoms with Gasteiger partial charge in [-0.2, -0.15) is 0 Å². The summed E-state index contributed by atoms with van der Waals surface area (Å²) in [6.45, 7) is 6.45. The first-order valence-corrected chi connectivity index (χ1v) is 6.50. The van der Waals surface area contributed by atoms with Gasteiger partial charge in [0, 0.05) is 40.0 Å². The van der Waals surface area contributed by atoms with Gasteiger partial charge in [-0.3, -0.25) is 0 Å². The summed E-state index contributed by atoms with van der Waals surface area (Å²) in [6.07, 6.45) is 1.86. The highest BCUT2D eigenvalue weighted by atomic mass is 16.5. The predicted molar refractivity (Wildman–Crippen MR) is 77.4 cm³/mol. The van der Waals surface area contributed by atoms with Gasteiger partial charge in [-0.1, -0.05) is 6.07 Å². The minimum Gasteiger partial charge on any atom is -0.389 e. The second-order valence-corrected chi connectivity index (χ2v) is 5.36. The maximum Gasteiger partial charge on any atom is 0.128 e. The van der Waals surface area contributed by atoms with Crippen molar-refractivity contribution in [2.24, 2.45) is 0 Å². The van der Waals surface area contributed by atoms with E-state index in [1.54, 1.807) is 21.0 Å². The van der Waals surface area contributed by atoms with Crippen LogP contribution in [0.2, 0.25) is 0 Å². The zero-order chi connectivity index (χ0) is 14.3. The van der Waals surface area contributed by atoms with Gasteiger partial charge in [-0.05, 0) is 25.5 Å². The molecule has 2 N–H and O–H groups in total. The maximum atomic E-state index is 9.78. The monoisotopic (exact) mass is 267 g/mol. The lowest BCUT2D eigenvalue weighted by atomic mass is 10.1. The first kappa shape index (κ1) is 15.9. The second-order valence-electron chi connectivity index (χ2n) is 5.36. The molecule has 0 aliphatic heterocycles. The highest BCUT2D eigenvalue weighted by molar-refractivity contribution is 5.38. The number of likely N-dealkylation sites (N-methyl/N-ethyl adjacent to an activating group) is 1. The molecular formula is C14H25N3O2. The summed E-state index contributed by atoms with van der Waals surface area (Å²) in [5.41, 5.74) is 0.410. The van der Waals surface area contributed by atoms with E-state index in [1.165, 1.54) is 0 Å². The number of nitrogens with zero attached hydrogens (tertiary/aromatic N) is 2. The second kappa shape index (κ2) is 7.43. The summed E-state index contributed by atoms with van der Waals surface area (Å²) in [4.78, 5) is 6.35. The molecule has 5 heteroatoms. The highest BCUT2D eigenvalue weighted by Gasteiger charge is 2.16. The van der Waals surface area contributed by atoms with Crippen molar-refractivity contribution in [3.8, 4) is 0 Å². The number of anilines is 1. The summed E-state index contributed by atoms with van der Waals surface area (Å²) >= 11 is 0. The van der Waals surface area contributed by atoms with Crippen LogP contribution in [0.5, 0.6) is 0 Å². The largest absolute Gasteiger partial charge is 0.389 e. The maximum absolute atomic E-state index is 9.78. The molecule has 0 amide bonds. The number of aliphatic hydroxyl groups is 1. The smallest absolute Gasteiger partial charge is 0.128 e. The number of aromatic nitrogens is 1. The number of hydrogen-bond acceptors (Lipinski definition) is 5. The van der Waals surface area contributed by atoms with Crippen LogP contribution in [0.15, 0.2) is 18.3 Å². The van der Waals surface area contributed by atoms with E-state index in [4.69, 9.17) is 4.74 Å². The van der Waals surface area contributed by atoms with E-state index < -0.39 is 5.60 Å². The Morgan fingerprint density at radius 2 is 2.16 bits per heavy atom. The standard InChI is InChI=1S/C14H25N3O2/c1-14(2,18)11-17(3)13-6-5-12(10-16-13)9-15-7-8-19-4/h5-6,10,15,18H,7-9,11H2,1-4H3. The number of hydrogen-bond donors (Lipinski definition) is 2. The molecule has 0 aromatic carbocycles. The fraction of sp³-hybridized carbons (Fsp3) is 0.643. The molecule has 0 bridgehead atoms. The topological polar surface area (TPSA) is 57.6 Å². The Kier molecular flexibility index (Phi) is 6.21. The molecule has 0 spiro atoms. The molecule has 1 aromatic heterocycles. The van der Waals surface area contributed by atoms with Crippen LogP contribution in [0.25, 0.3) is 0 Å². The van der Waals surface area contributed by atoms with Gasteiger partial charge < -0.3 is 20.1 Å². The lowest BCUT2D eigenvalue weighted by molar-refractivity contribution is 0.0884. The number of rotatable bonds is 8. The lowest BCUT2D eigenvalue weighted by Crippen LogP contribution is -2.36. The Morgan fingerprint density at radius 3 is 2.68 bits per heavy atom. The molecule has 0 saturated heterocycles. The number of pyridine rings is 1. The van der Waals surface area contributed by atoms with Gasteiger partial charge in [0.25, 0.3) is 0 Å². The third-order valence-corrected chi connectivity index (χ3v) is 2.64. The average Bonchev–Trinajstić information content (AvgIpc) is 2.33. The van der Waals surface area contributed by atoms with Crippen molar-refractivity contribution in [3.05, 3.63) is 23.9 Å². The summed E-state index contributed by atoms with van der Waals surface area (Å²) in [5.74, 6) is 0.864. The van der Waals surface area contributed by atoms with E-state index in [9.17, 15) is 5.11 Å². The quantitative estimate of drug-likeness (QED) is 0.689. The molecule has 1 rings (SSSR count). The normalized spacial score (nSPS) is 11.6. The Hall–Kier alpha value is -1.17. The van der Waals surface area contributed by atoms with Crippen molar-refractivity contribution in [2.75, 3.05) is 38.8 Å². The molecule has 0 radical (unpaired) electrons. The lowest BCUT2D eigenvalue weighted by Gasteiger charge is -2.26. The van der Waals surface area contributed by atoms with Gasteiger partial charge in [0.15, 0.2) is 0 Å². The van der Waals surface area contributed by atoms with Gasteiger partial charge in [0.2, 0.25) is 0 Å². The number of ether oxygens (including phenoxy) is 1. The van der Waals surface area contributed by atoms with Crippen molar-refractivity contribution >= 4 is 5.82 Å². The fourth-order valence-electron chi connectivity index (χ4n) is 1.82. The van der Waals surface area contributed by atoms with Crippen LogP contribution >= 0.6 is 0 Å². The summed E-state index contributed by atoms with van der Waals surface area (Å²) < 4.78 is 4.97. The van der Waals surface area contributed by atoms with Crippen LogP contribution in [-0.4, -0.2) is 49.5 Å². The van der Waals surface area contributed by atoms with Gasteiger partial charge in [0.05, 0.1) is 12.2 Å². The van der Waals surface area contributed by atoms with Crippen LogP contribution in [0.4, 0.5) is 5.82 Å². The summed E-state index contributed by atoms with van der Waals surface area (Å²) in [7, 11) is 3.62. The van der Waals surface area contributed by atoms with Gasteiger partial charge in [-0.15, -0.1) is 0 Å². The van der Waals surface area contributed by atoms with E-state index in [1.807, 2.05) is 30.3 Å². The van der Waals surface area contributed by atoms with Gasteiger partial charge in [0.1, 0.15) is 5.82 Å². The van der Waals surface area contributed by atoms with Crippen LogP contribution in [-0.2, 0) is 11.3 Å². The molecule has 19 heavy (non-hydrogen) atoms. The van der Waals surface area contributed by atoms with Crippen molar-refractivity contribution in [1.82, 2.24) is 10.3 Å².